The number of anilines is 1. The Morgan fingerprint density at radius 2 is 2.28 bits per heavy atom. The number of nitrogens with zero attached hydrogens (tertiary/aromatic N) is 1. The van der Waals surface area contributed by atoms with E-state index in [1.54, 1.807) is 12.1 Å². The molecule has 0 bridgehead atoms. The minimum atomic E-state index is -0.386. The zero-order valence-corrected chi connectivity index (χ0v) is 10.2. The van der Waals surface area contributed by atoms with E-state index in [0.29, 0.717) is 11.3 Å². The van der Waals surface area contributed by atoms with Crippen molar-refractivity contribution in [2.24, 2.45) is 5.73 Å². The fourth-order valence-corrected chi connectivity index (χ4v) is 2.41. The van der Waals surface area contributed by atoms with Crippen LogP contribution in [0.3, 0.4) is 0 Å². The van der Waals surface area contributed by atoms with Crippen molar-refractivity contribution in [2.75, 3.05) is 18.1 Å². The molecule has 1 aliphatic heterocycles. The standard InChI is InChI=1S/C13H18FN3O/c14-11-7-9(13(15)16)4-5-12(11)17-6-2-1-3-10(17)8-18/h4-5,7,10,18H,1-3,6,8H2,(H3,15,16). The maximum Gasteiger partial charge on any atom is 0.147 e. The van der Waals surface area contributed by atoms with E-state index >= 15 is 0 Å². The average Bonchev–Trinajstić information content (AvgIpc) is 2.38. The maximum absolute atomic E-state index is 14.0. The number of benzene rings is 1. The molecule has 4 nitrogen and oxygen atoms in total. The third-order valence-corrected chi connectivity index (χ3v) is 3.41. The van der Waals surface area contributed by atoms with Crippen molar-refractivity contribution in [1.82, 2.24) is 0 Å². The number of hydrogen-bond donors (Lipinski definition) is 3. The summed E-state index contributed by atoms with van der Waals surface area (Å²) >= 11 is 0. The van der Waals surface area contributed by atoms with Gasteiger partial charge in [-0.25, -0.2) is 4.39 Å². The van der Waals surface area contributed by atoms with Gasteiger partial charge in [0.05, 0.1) is 18.3 Å². The van der Waals surface area contributed by atoms with Gasteiger partial charge < -0.3 is 15.7 Å². The molecule has 18 heavy (non-hydrogen) atoms. The number of halogens is 1. The van der Waals surface area contributed by atoms with Gasteiger partial charge in [0.1, 0.15) is 11.7 Å². The number of aliphatic hydroxyl groups is 1. The van der Waals surface area contributed by atoms with Gasteiger partial charge in [0.2, 0.25) is 0 Å². The molecule has 0 amide bonds. The zero-order valence-electron chi connectivity index (χ0n) is 10.2. The summed E-state index contributed by atoms with van der Waals surface area (Å²) in [6.07, 6.45) is 2.95. The van der Waals surface area contributed by atoms with Gasteiger partial charge in [-0.15, -0.1) is 0 Å². The number of nitrogens with two attached hydrogens (primary N) is 1. The molecule has 0 spiro atoms. The van der Waals surface area contributed by atoms with Crippen LogP contribution in [0.1, 0.15) is 24.8 Å². The molecule has 1 aliphatic rings. The topological polar surface area (TPSA) is 73.3 Å². The van der Waals surface area contributed by atoms with E-state index in [1.165, 1.54) is 6.07 Å². The van der Waals surface area contributed by atoms with Crippen LogP contribution in [0.5, 0.6) is 0 Å². The summed E-state index contributed by atoms with van der Waals surface area (Å²) in [5.74, 6) is -0.527. The Balaban J connectivity index is 2.29. The maximum atomic E-state index is 14.0. The predicted octanol–water partition coefficient (Wildman–Crippen LogP) is 1.46. The molecule has 1 aromatic rings. The molecule has 4 N–H and O–H groups in total. The van der Waals surface area contributed by atoms with E-state index in [1.807, 2.05) is 4.90 Å². The van der Waals surface area contributed by atoms with Crippen molar-refractivity contribution < 1.29 is 9.50 Å². The first-order valence-electron chi connectivity index (χ1n) is 6.15. The van der Waals surface area contributed by atoms with Crippen LogP contribution in [0.15, 0.2) is 18.2 Å². The molecule has 2 rings (SSSR count). The summed E-state index contributed by atoms with van der Waals surface area (Å²) in [6, 6.07) is 4.54. The van der Waals surface area contributed by atoms with Gasteiger partial charge in [0.25, 0.3) is 0 Å². The summed E-state index contributed by atoms with van der Waals surface area (Å²) in [5, 5.41) is 16.6. The van der Waals surface area contributed by atoms with Crippen LogP contribution in [0.2, 0.25) is 0 Å². The number of hydrogen-bond acceptors (Lipinski definition) is 3. The first kappa shape index (κ1) is 12.8. The summed E-state index contributed by atoms with van der Waals surface area (Å²) in [6.45, 7) is 0.787. The SMILES string of the molecule is N=C(N)c1ccc(N2CCCCC2CO)c(F)c1. The van der Waals surface area contributed by atoms with Gasteiger partial charge in [0, 0.05) is 12.1 Å². The zero-order chi connectivity index (χ0) is 13.1. The summed E-state index contributed by atoms with van der Waals surface area (Å²) in [4.78, 5) is 1.91. The molecule has 0 aromatic heterocycles. The molecule has 0 saturated carbocycles. The molecule has 0 aliphatic carbocycles. The van der Waals surface area contributed by atoms with Crippen LogP contribution in [-0.4, -0.2) is 30.1 Å². The van der Waals surface area contributed by atoms with Crippen molar-refractivity contribution in [2.45, 2.75) is 25.3 Å². The highest BCUT2D eigenvalue weighted by molar-refractivity contribution is 5.95. The van der Waals surface area contributed by atoms with Gasteiger partial charge in [-0.1, -0.05) is 0 Å². The molecule has 0 radical (unpaired) electrons. The third-order valence-electron chi connectivity index (χ3n) is 3.41. The molecule has 98 valence electrons. The second-order valence-electron chi connectivity index (χ2n) is 4.61. The van der Waals surface area contributed by atoms with E-state index in [0.717, 1.165) is 25.8 Å². The Labute approximate surface area is 106 Å². The summed E-state index contributed by atoms with van der Waals surface area (Å²) in [7, 11) is 0. The van der Waals surface area contributed by atoms with Crippen LogP contribution < -0.4 is 10.6 Å². The highest BCUT2D eigenvalue weighted by Gasteiger charge is 2.24. The molecular weight excluding hydrogens is 233 g/mol. The lowest BCUT2D eigenvalue weighted by molar-refractivity contribution is 0.239. The monoisotopic (exact) mass is 251 g/mol. The van der Waals surface area contributed by atoms with E-state index < -0.39 is 0 Å². The van der Waals surface area contributed by atoms with Crippen molar-refractivity contribution in [3.63, 3.8) is 0 Å². The lowest BCUT2D eigenvalue weighted by atomic mass is 10.0. The molecule has 1 saturated heterocycles. The number of nitrogen functional groups attached to an aromatic ring is 1. The van der Waals surface area contributed by atoms with Gasteiger partial charge in [-0.05, 0) is 37.5 Å². The minimum Gasteiger partial charge on any atom is -0.394 e. The Bertz CT molecular complexity index is 450. The highest BCUT2D eigenvalue weighted by atomic mass is 19.1. The Hall–Kier alpha value is -1.62. The molecule has 1 aromatic carbocycles. The number of nitrogens with one attached hydrogen (secondary N) is 1. The normalized spacial score (nSPS) is 19.9. The fourth-order valence-electron chi connectivity index (χ4n) is 2.41. The van der Waals surface area contributed by atoms with E-state index in [2.05, 4.69) is 0 Å². The summed E-state index contributed by atoms with van der Waals surface area (Å²) in [5.41, 5.74) is 6.20. The molecule has 1 atom stereocenters. The third kappa shape index (κ3) is 2.46. The van der Waals surface area contributed by atoms with Gasteiger partial charge in [0.15, 0.2) is 0 Å². The molecular formula is C13H18FN3O. The first-order valence-corrected chi connectivity index (χ1v) is 6.15. The molecule has 5 heteroatoms. The van der Waals surface area contributed by atoms with Crippen molar-refractivity contribution in [1.29, 1.82) is 5.41 Å². The van der Waals surface area contributed by atoms with Crippen molar-refractivity contribution in [3.8, 4) is 0 Å². The van der Waals surface area contributed by atoms with Crippen LogP contribution >= 0.6 is 0 Å². The van der Waals surface area contributed by atoms with E-state index in [4.69, 9.17) is 11.1 Å². The Morgan fingerprint density at radius 1 is 1.50 bits per heavy atom. The number of rotatable bonds is 3. The van der Waals surface area contributed by atoms with Crippen LogP contribution in [0.4, 0.5) is 10.1 Å². The molecule has 1 heterocycles. The first-order chi connectivity index (χ1) is 8.63. The average molecular weight is 251 g/mol. The van der Waals surface area contributed by atoms with Crippen LogP contribution in [0.25, 0.3) is 0 Å². The second-order valence-corrected chi connectivity index (χ2v) is 4.61. The van der Waals surface area contributed by atoms with Gasteiger partial charge in [-0.2, -0.15) is 0 Å². The minimum absolute atomic E-state index is 0.0172. The van der Waals surface area contributed by atoms with Crippen molar-refractivity contribution >= 4 is 11.5 Å². The van der Waals surface area contributed by atoms with E-state index in [-0.39, 0.29) is 24.3 Å². The molecule has 1 unspecified atom stereocenters. The number of aliphatic hydroxyl groups excluding tert-OH is 1. The Kier molecular flexibility index (Phi) is 3.81. The number of piperidine rings is 1. The van der Waals surface area contributed by atoms with Crippen LogP contribution in [0, 0.1) is 11.2 Å². The Morgan fingerprint density at radius 3 is 2.89 bits per heavy atom. The second kappa shape index (κ2) is 5.35. The fraction of sp³-hybridized carbons (Fsp3) is 0.462. The molecule has 1 fully saturated rings. The van der Waals surface area contributed by atoms with Crippen LogP contribution in [-0.2, 0) is 0 Å². The van der Waals surface area contributed by atoms with Gasteiger partial charge >= 0.3 is 0 Å². The van der Waals surface area contributed by atoms with Crippen molar-refractivity contribution in [3.05, 3.63) is 29.6 Å². The number of amidine groups is 1. The predicted molar refractivity (Wildman–Crippen MR) is 69.5 cm³/mol. The largest absolute Gasteiger partial charge is 0.394 e. The lowest BCUT2D eigenvalue weighted by Crippen LogP contribution is -2.42. The lowest BCUT2D eigenvalue weighted by Gasteiger charge is -2.36. The summed E-state index contributed by atoms with van der Waals surface area (Å²) < 4.78 is 14.0. The highest BCUT2D eigenvalue weighted by Crippen LogP contribution is 2.27. The quantitative estimate of drug-likeness (QED) is 0.562. The van der Waals surface area contributed by atoms with Gasteiger partial charge in [-0.3, -0.25) is 5.41 Å². The smallest absolute Gasteiger partial charge is 0.147 e. The van der Waals surface area contributed by atoms with E-state index in [9.17, 15) is 9.50 Å².